The lowest BCUT2D eigenvalue weighted by Crippen LogP contribution is -1.86. The molecule has 1 aromatic rings. The van der Waals surface area contributed by atoms with Crippen molar-refractivity contribution >= 4 is 15.9 Å². The van der Waals surface area contributed by atoms with E-state index >= 15 is 0 Å². The summed E-state index contributed by atoms with van der Waals surface area (Å²) in [5.74, 6) is 0.578. The lowest BCUT2D eigenvalue weighted by Gasteiger charge is -2.00. The van der Waals surface area contributed by atoms with Crippen molar-refractivity contribution in [3.05, 3.63) is 22.4 Å². The van der Waals surface area contributed by atoms with E-state index in [1.807, 2.05) is 12.3 Å². The number of hydrogen-bond donors (Lipinski definition) is 1. The molecule has 0 saturated carbocycles. The maximum Gasteiger partial charge on any atom is 0.0385 e. The summed E-state index contributed by atoms with van der Waals surface area (Å²) in [5.41, 5.74) is 1.27. The Hall–Kier alpha value is -0.240. The summed E-state index contributed by atoms with van der Waals surface area (Å²) < 4.78 is 1.18. The fourth-order valence-electron chi connectivity index (χ4n) is 0.806. The number of aromatic amines is 1. The van der Waals surface area contributed by atoms with Crippen LogP contribution in [0.3, 0.4) is 0 Å². The fourth-order valence-corrected chi connectivity index (χ4v) is 1.51. The Morgan fingerprint density at radius 2 is 2.22 bits per heavy atom. The molecule has 0 aromatic carbocycles. The van der Waals surface area contributed by atoms with E-state index in [1.165, 1.54) is 10.2 Å². The van der Waals surface area contributed by atoms with Gasteiger partial charge in [0, 0.05) is 16.4 Å². The van der Waals surface area contributed by atoms with Gasteiger partial charge in [0.1, 0.15) is 0 Å². The van der Waals surface area contributed by atoms with Crippen LogP contribution in [-0.2, 0) is 0 Å². The number of rotatable bonds is 1. The first-order chi connectivity index (χ1) is 4.22. The zero-order valence-electron chi connectivity index (χ0n) is 5.61. The van der Waals surface area contributed by atoms with E-state index < -0.39 is 0 Å². The van der Waals surface area contributed by atoms with Gasteiger partial charge in [-0.05, 0) is 27.9 Å². The van der Waals surface area contributed by atoms with Crippen LogP contribution in [0.1, 0.15) is 25.5 Å². The molecule has 0 bridgehead atoms. The van der Waals surface area contributed by atoms with Crippen molar-refractivity contribution in [3.63, 3.8) is 0 Å². The molecule has 1 nitrogen and oxygen atoms in total. The molecule has 0 atom stereocenters. The van der Waals surface area contributed by atoms with Crippen molar-refractivity contribution in [2.45, 2.75) is 19.8 Å². The summed E-state index contributed by atoms with van der Waals surface area (Å²) in [4.78, 5) is 3.16. The van der Waals surface area contributed by atoms with Crippen LogP contribution >= 0.6 is 15.9 Å². The van der Waals surface area contributed by atoms with Crippen molar-refractivity contribution in [3.8, 4) is 0 Å². The summed E-state index contributed by atoms with van der Waals surface area (Å²) in [6, 6.07) is 2.02. The quantitative estimate of drug-likeness (QED) is 0.697. The molecule has 0 unspecified atom stereocenters. The van der Waals surface area contributed by atoms with Crippen LogP contribution in [0.4, 0.5) is 0 Å². The van der Waals surface area contributed by atoms with Gasteiger partial charge >= 0.3 is 0 Å². The van der Waals surface area contributed by atoms with Gasteiger partial charge in [-0.15, -0.1) is 0 Å². The van der Waals surface area contributed by atoms with Gasteiger partial charge in [-0.2, -0.15) is 0 Å². The van der Waals surface area contributed by atoms with Crippen LogP contribution in [0.5, 0.6) is 0 Å². The zero-order valence-corrected chi connectivity index (χ0v) is 7.20. The first-order valence-electron chi connectivity index (χ1n) is 3.04. The number of aromatic nitrogens is 1. The first-order valence-corrected chi connectivity index (χ1v) is 3.84. The fraction of sp³-hybridized carbons (Fsp3) is 0.429. The molecule has 0 saturated heterocycles. The predicted molar refractivity (Wildman–Crippen MR) is 42.6 cm³/mol. The second kappa shape index (κ2) is 2.56. The van der Waals surface area contributed by atoms with Crippen molar-refractivity contribution in [1.29, 1.82) is 0 Å². The first kappa shape index (κ1) is 6.87. The maximum atomic E-state index is 3.44. The molecule has 0 spiro atoms. The average molecular weight is 188 g/mol. The van der Waals surface area contributed by atoms with E-state index in [0.717, 1.165) is 0 Å². The topological polar surface area (TPSA) is 15.8 Å². The number of H-pyrrole nitrogens is 1. The third-order valence-electron chi connectivity index (χ3n) is 1.30. The Kier molecular flexibility index (Phi) is 1.96. The van der Waals surface area contributed by atoms with Gasteiger partial charge in [-0.3, -0.25) is 0 Å². The van der Waals surface area contributed by atoms with Crippen molar-refractivity contribution < 1.29 is 0 Å². The molecule has 0 amide bonds. The molecule has 0 aliphatic carbocycles. The molecule has 2 heteroatoms. The smallest absolute Gasteiger partial charge is 0.0385 e. The number of hydrogen-bond acceptors (Lipinski definition) is 0. The highest BCUT2D eigenvalue weighted by Crippen LogP contribution is 2.21. The monoisotopic (exact) mass is 187 g/mol. The van der Waals surface area contributed by atoms with Crippen LogP contribution in [-0.4, -0.2) is 4.98 Å². The molecule has 1 aromatic heterocycles. The minimum absolute atomic E-state index is 0.578. The maximum absolute atomic E-state index is 3.44. The summed E-state index contributed by atoms with van der Waals surface area (Å²) in [5, 5.41) is 0. The van der Waals surface area contributed by atoms with E-state index in [-0.39, 0.29) is 0 Å². The van der Waals surface area contributed by atoms with Crippen LogP contribution in [0.25, 0.3) is 0 Å². The average Bonchev–Trinajstić information content (AvgIpc) is 2.13. The highest BCUT2D eigenvalue weighted by Gasteiger charge is 2.02. The van der Waals surface area contributed by atoms with Gasteiger partial charge < -0.3 is 4.98 Å². The molecule has 9 heavy (non-hydrogen) atoms. The Labute approximate surface area is 63.6 Å². The van der Waals surface area contributed by atoms with E-state index in [9.17, 15) is 0 Å². The molecule has 0 fully saturated rings. The molecule has 1 rings (SSSR count). The third kappa shape index (κ3) is 1.36. The predicted octanol–water partition coefficient (Wildman–Crippen LogP) is 2.90. The van der Waals surface area contributed by atoms with Crippen LogP contribution in [0.15, 0.2) is 16.7 Å². The SMILES string of the molecule is CC(C)c1[nH]ccc1Br. The van der Waals surface area contributed by atoms with Gasteiger partial charge in [-0.25, -0.2) is 0 Å². The summed E-state index contributed by atoms with van der Waals surface area (Å²) in [7, 11) is 0. The number of nitrogens with one attached hydrogen (secondary N) is 1. The van der Waals surface area contributed by atoms with Gasteiger partial charge in [0.25, 0.3) is 0 Å². The normalized spacial score (nSPS) is 10.7. The van der Waals surface area contributed by atoms with Crippen LogP contribution in [0.2, 0.25) is 0 Å². The van der Waals surface area contributed by atoms with E-state index in [1.54, 1.807) is 0 Å². The second-order valence-corrected chi connectivity index (χ2v) is 3.25. The van der Waals surface area contributed by atoms with Crippen LogP contribution < -0.4 is 0 Å². The third-order valence-corrected chi connectivity index (χ3v) is 1.99. The summed E-state index contributed by atoms with van der Waals surface area (Å²) in [6.07, 6.45) is 1.94. The van der Waals surface area contributed by atoms with Crippen molar-refractivity contribution in [1.82, 2.24) is 4.98 Å². The van der Waals surface area contributed by atoms with Gasteiger partial charge in [0.2, 0.25) is 0 Å². The molecule has 0 radical (unpaired) electrons. The van der Waals surface area contributed by atoms with Gasteiger partial charge in [0.15, 0.2) is 0 Å². The molecule has 1 heterocycles. The lowest BCUT2D eigenvalue weighted by molar-refractivity contribution is 0.827. The van der Waals surface area contributed by atoms with E-state index in [2.05, 4.69) is 34.8 Å². The Balaban J connectivity index is 2.94. The zero-order chi connectivity index (χ0) is 6.85. The standard InChI is InChI=1S/C7H10BrN/c1-5(2)7-6(8)3-4-9-7/h3-5,9H,1-2H3. The van der Waals surface area contributed by atoms with E-state index in [4.69, 9.17) is 0 Å². The van der Waals surface area contributed by atoms with Crippen molar-refractivity contribution in [2.75, 3.05) is 0 Å². The molecular weight excluding hydrogens is 178 g/mol. The van der Waals surface area contributed by atoms with Crippen LogP contribution in [0, 0.1) is 0 Å². The largest absolute Gasteiger partial charge is 0.364 e. The second-order valence-electron chi connectivity index (χ2n) is 2.39. The number of halogens is 1. The molecule has 0 aliphatic rings. The van der Waals surface area contributed by atoms with E-state index in [0.29, 0.717) is 5.92 Å². The Morgan fingerprint density at radius 3 is 2.44 bits per heavy atom. The van der Waals surface area contributed by atoms with Gasteiger partial charge in [-0.1, -0.05) is 13.8 Å². The Morgan fingerprint density at radius 1 is 1.56 bits per heavy atom. The highest BCUT2D eigenvalue weighted by atomic mass is 79.9. The van der Waals surface area contributed by atoms with Gasteiger partial charge in [0.05, 0.1) is 0 Å². The Bertz CT molecular complexity index is 191. The highest BCUT2D eigenvalue weighted by molar-refractivity contribution is 9.10. The van der Waals surface area contributed by atoms with Crippen molar-refractivity contribution in [2.24, 2.45) is 0 Å². The minimum Gasteiger partial charge on any atom is -0.364 e. The summed E-state index contributed by atoms with van der Waals surface area (Å²) in [6.45, 7) is 4.33. The minimum atomic E-state index is 0.578. The molecule has 1 N–H and O–H groups in total. The molecule has 0 aliphatic heterocycles. The molecular formula is C7H10BrN. The molecule has 50 valence electrons. The lowest BCUT2D eigenvalue weighted by atomic mass is 10.1. The summed E-state index contributed by atoms with van der Waals surface area (Å²) >= 11 is 3.44.